The second-order valence-electron chi connectivity index (χ2n) is 14.9. The van der Waals surface area contributed by atoms with Gasteiger partial charge in [0.05, 0.1) is 47.8 Å². The molecule has 51 heavy (non-hydrogen) atoms. The largest absolute Gasteiger partial charge is 0.497 e. The van der Waals surface area contributed by atoms with Crippen molar-refractivity contribution in [2.75, 3.05) is 35.5 Å². The minimum atomic E-state index is -1.12. The lowest BCUT2D eigenvalue weighted by atomic mass is 9.53. The van der Waals surface area contributed by atoms with Gasteiger partial charge in [-0.3, -0.25) is 4.79 Å². The number of aryl methyl sites for hydroxylation is 2. The van der Waals surface area contributed by atoms with Crippen LogP contribution in [0.1, 0.15) is 85.4 Å². The van der Waals surface area contributed by atoms with E-state index in [2.05, 4.69) is 25.1 Å². The summed E-state index contributed by atoms with van der Waals surface area (Å²) in [6, 6.07) is 13.5. The van der Waals surface area contributed by atoms with Gasteiger partial charge in [-0.05, 0) is 127 Å². The summed E-state index contributed by atoms with van der Waals surface area (Å²) < 4.78 is 30.3. The van der Waals surface area contributed by atoms with E-state index >= 15 is 0 Å². The molecule has 268 valence electrons. The number of rotatable bonds is 7. The highest BCUT2D eigenvalue weighted by atomic mass is 16.5. The molecule has 4 aliphatic carbocycles. The first-order chi connectivity index (χ1) is 24.7. The van der Waals surface area contributed by atoms with Crippen molar-refractivity contribution in [1.82, 2.24) is 15.0 Å². The Bertz CT molecular complexity index is 2060. The molecule has 0 saturated heterocycles. The fourth-order valence-electron chi connectivity index (χ4n) is 10.5. The fraction of sp³-hybridized carbons (Fsp3) is 0.488. The highest BCUT2D eigenvalue weighted by Crippen LogP contribution is 2.67. The standard InChI is InChI=1S/C41H47N3O7/c1-40-17-15-27-26-11-9-25(47-2)19-23(26)7-10-28(27)31(40)16-18-41(40,46)36-22-44(43-42-36)32-13-8-24-20-35(49-4)38(50-5)39(51-6)37(24)29-12-14-34(48-3)33(45)21-30(29)32/h9,11-12,14,19-22,27-28,31-32,46H,7-8,10,13,15-18H2,1-6H3/t27-,28-,31+,32+,40+,41-/m1/s1. The molecule has 4 aliphatic rings. The van der Waals surface area contributed by atoms with Gasteiger partial charge in [0.2, 0.25) is 11.2 Å². The Balaban J connectivity index is 1.18. The van der Waals surface area contributed by atoms with E-state index in [0.29, 0.717) is 60.0 Å². The van der Waals surface area contributed by atoms with Gasteiger partial charge in [-0.25, -0.2) is 4.68 Å². The predicted molar refractivity (Wildman–Crippen MR) is 192 cm³/mol. The molecule has 10 heteroatoms. The number of benzene rings is 2. The van der Waals surface area contributed by atoms with Crippen LogP contribution in [0, 0.1) is 17.3 Å². The third-order valence-corrected chi connectivity index (χ3v) is 13.0. The first kappa shape index (κ1) is 33.6. The summed E-state index contributed by atoms with van der Waals surface area (Å²) in [6.45, 7) is 2.28. The third kappa shape index (κ3) is 4.96. The van der Waals surface area contributed by atoms with Crippen LogP contribution in [-0.2, 0) is 18.4 Å². The molecule has 0 unspecified atom stereocenters. The van der Waals surface area contributed by atoms with Crippen molar-refractivity contribution < 1.29 is 28.8 Å². The minimum Gasteiger partial charge on any atom is -0.497 e. The Morgan fingerprint density at radius 3 is 2.31 bits per heavy atom. The van der Waals surface area contributed by atoms with Gasteiger partial charge in [-0.15, -0.1) is 5.10 Å². The van der Waals surface area contributed by atoms with Crippen LogP contribution in [0.2, 0.25) is 0 Å². The summed E-state index contributed by atoms with van der Waals surface area (Å²) in [5.41, 5.74) is 5.19. The average Bonchev–Trinajstić information content (AvgIpc) is 3.66. The Hall–Kier alpha value is -4.57. The van der Waals surface area contributed by atoms with E-state index in [-0.39, 0.29) is 22.6 Å². The van der Waals surface area contributed by atoms with Crippen LogP contribution >= 0.6 is 0 Å². The summed E-state index contributed by atoms with van der Waals surface area (Å²) in [7, 11) is 8.03. The van der Waals surface area contributed by atoms with Crippen molar-refractivity contribution in [3.05, 3.63) is 86.8 Å². The Kier molecular flexibility index (Phi) is 8.28. The molecule has 0 spiro atoms. The zero-order chi connectivity index (χ0) is 35.7. The summed E-state index contributed by atoms with van der Waals surface area (Å²) >= 11 is 0. The van der Waals surface area contributed by atoms with Crippen molar-refractivity contribution in [2.24, 2.45) is 17.3 Å². The molecule has 10 nitrogen and oxygen atoms in total. The van der Waals surface area contributed by atoms with Crippen molar-refractivity contribution in [1.29, 1.82) is 0 Å². The molecule has 8 rings (SSSR count). The monoisotopic (exact) mass is 693 g/mol. The lowest BCUT2D eigenvalue weighted by Crippen LogP contribution is -2.49. The Morgan fingerprint density at radius 2 is 1.57 bits per heavy atom. The maximum absolute atomic E-state index is 13.5. The van der Waals surface area contributed by atoms with Gasteiger partial charge in [0.25, 0.3) is 0 Å². The van der Waals surface area contributed by atoms with E-state index in [9.17, 15) is 9.90 Å². The highest BCUT2D eigenvalue weighted by molar-refractivity contribution is 5.82. The van der Waals surface area contributed by atoms with Crippen molar-refractivity contribution in [2.45, 2.75) is 75.9 Å². The van der Waals surface area contributed by atoms with Crippen molar-refractivity contribution >= 4 is 0 Å². The van der Waals surface area contributed by atoms with Gasteiger partial charge < -0.3 is 28.8 Å². The van der Waals surface area contributed by atoms with E-state index in [1.54, 1.807) is 40.6 Å². The molecule has 0 radical (unpaired) electrons. The van der Waals surface area contributed by atoms with Gasteiger partial charge >= 0.3 is 0 Å². The lowest BCUT2D eigenvalue weighted by Gasteiger charge is -2.52. The molecule has 3 aromatic carbocycles. The lowest BCUT2D eigenvalue weighted by molar-refractivity contribution is -0.111. The molecule has 0 amide bonds. The summed E-state index contributed by atoms with van der Waals surface area (Å²) in [5.74, 6) is 4.12. The molecule has 1 heterocycles. The van der Waals surface area contributed by atoms with Crippen LogP contribution < -0.4 is 29.1 Å². The smallest absolute Gasteiger partial charge is 0.220 e. The molecule has 4 aromatic rings. The predicted octanol–water partition coefficient (Wildman–Crippen LogP) is 6.63. The van der Waals surface area contributed by atoms with E-state index < -0.39 is 5.60 Å². The number of aromatic nitrogens is 3. The number of fused-ring (bicyclic) bond motifs is 8. The summed E-state index contributed by atoms with van der Waals surface area (Å²) in [4.78, 5) is 13.5. The van der Waals surface area contributed by atoms with Crippen LogP contribution in [-0.4, -0.2) is 55.6 Å². The number of aliphatic hydroxyl groups is 1. The normalized spacial score (nSPS) is 27.5. The molecule has 6 atom stereocenters. The van der Waals surface area contributed by atoms with Crippen LogP contribution in [0.15, 0.2) is 53.5 Å². The summed E-state index contributed by atoms with van der Waals surface area (Å²) in [6.07, 6.45) is 8.89. The van der Waals surface area contributed by atoms with E-state index in [4.69, 9.17) is 34.0 Å². The average molecular weight is 694 g/mol. The van der Waals surface area contributed by atoms with E-state index in [1.807, 2.05) is 23.0 Å². The first-order valence-corrected chi connectivity index (χ1v) is 18.1. The van der Waals surface area contributed by atoms with Gasteiger partial charge in [0.1, 0.15) is 17.0 Å². The Labute approximate surface area is 298 Å². The SMILES string of the molecule is COc1ccc2c(c1)CC[C@@H]1[C@@H]2CC[C@@]2(C)[C@H]1CC[C@@]2(O)c1cn([C@H]2CCc3cc(OC)c(OC)c(OC)c3-c3ccc(OC)c(=O)cc32)nn1. The first-order valence-electron chi connectivity index (χ1n) is 18.1. The zero-order valence-corrected chi connectivity index (χ0v) is 30.3. The van der Waals surface area contributed by atoms with Crippen LogP contribution in [0.5, 0.6) is 28.7 Å². The third-order valence-electron chi connectivity index (χ3n) is 13.0. The quantitative estimate of drug-likeness (QED) is 0.228. The van der Waals surface area contributed by atoms with Crippen LogP contribution in [0.25, 0.3) is 11.1 Å². The van der Waals surface area contributed by atoms with Crippen LogP contribution in [0.4, 0.5) is 0 Å². The second kappa shape index (κ2) is 12.6. The maximum atomic E-state index is 13.5. The van der Waals surface area contributed by atoms with Gasteiger partial charge in [0.15, 0.2) is 17.2 Å². The van der Waals surface area contributed by atoms with Crippen molar-refractivity contribution in [3.63, 3.8) is 0 Å². The van der Waals surface area contributed by atoms with Crippen molar-refractivity contribution in [3.8, 4) is 39.9 Å². The molecule has 2 fully saturated rings. The molecule has 0 bridgehead atoms. The highest BCUT2D eigenvalue weighted by Gasteiger charge is 2.63. The molecular formula is C41H47N3O7. The Morgan fingerprint density at radius 1 is 0.784 bits per heavy atom. The number of methoxy groups -OCH3 is 5. The molecule has 1 N–H and O–H groups in total. The number of hydrogen-bond donors (Lipinski definition) is 1. The van der Waals surface area contributed by atoms with Gasteiger partial charge in [-0.2, -0.15) is 0 Å². The van der Waals surface area contributed by atoms with Crippen LogP contribution in [0.3, 0.4) is 0 Å². The van der Waals surface area contributed by atoms with E-state index in [0.717, 1.165) is 60.1 Å². The number of ether oxygens (including phenoxy) is 5. The fourth-order valence-corrected chi connectivity index (χ4v) is 10.5. The second-order valence-corrected chi connectivity index (χ2v) is 14.9. The molecule has 1 aromatic heterocycles. The topological polar surface area (TPSA) is 114 Å². The number of hydrogen-bond acceptors (Lipinski definition) is 9. The molecule has 0 aliphatic heterocycles. The van der Waals surface area contributed by atoms with E-state index in [1.165, 1.54) is 18.2 Å². The molecular weight excluding hydrogens is 646 g/mol. The molecule has 2 saturated carbocycles. The maximum Gasteiger partial charge on any atom is 0.220 e. The summed E-state index contributed by atoms with van der Waals surface area (Å²) in [5, 5.41) is 22.2. The number of nitrogens with zero attached hydrogens (tertiary/aromatic N) is 3. The minimum absolute atomic E-state index is 0.235. The van der Waals surface area contributed by atoms with Gasteiger partial charge in [-0.1, -0.05) is 24.3 Å². The van der Waals surface area contributed by atoms with Gasteiger partial charge in [0, 0.05) is 11.0 Å². The zero-order valence-electron chi connectivity index (χ0n) is 30.3.